The van der Waals surface area contributed by atoms with Crippen molar-refractivity contribution in [3.8, 4) is 0 Å². The molecule has 1 fully saturated rings. The van der Waals surface area contributed by atoms with Gasteiger partial charge in [0.25, 0.3) is 15.9 Å². The van der Waals surface area contributed by atoms with Crippen LogP contribution in [0.5, 0.6) is 0 Å². The molecule has 1 saturated carbocycles. The van der Waals surface area contributed by atoms with Gasteiger partial charge in [-0.15, -0.1) is 0 Å². The predicted octanol–water partition coefficient (Wildman–Crippen LogP) is 3.01. The minimum Gasteiger partial charge on any atom is -0.352 e. The normalized spacial score (nSPS) is 17.8. The quantitative estimate of drug-likeness (QED) is 0.604. The van der Waals surface area contributed by atoms with Crippen molar-refractivity contribution in [3.05, 3.63) is 65.2 Å². The molecule has 8 nitrogen and oxygen atoms in total. The molecule has 2 aromatic rings. The molecule has 0 bridgehead atoms. The Hall–Kier alpha value is -3.20. The highest BCUT2D eigenvalue weighted by molar-refractivity contribution is 7.90. The van der Waals surface area contributed by atoms with Crippen molar-refractivity contribution in [2.45, 2.75) is 69.5 Å². The van der Waals surface area contributed by atoms with Crippen LogP contribution in [-0.2, 0) is 26.2 Å². The fourth-order valence-corrected chi connectivity index (χ4v) is 6.34. The van der Waals surface area contributed by atoms with E-state index in [1.54, 1.807) is 19.1 Å². The first-order valence-electron chi connectivity index (χ1n) is 12.0. The minimum absolute atomic E-state index is 0.0432. The molecule has 1 heterocycles. The Morgan fingerprint density at radius 1 is 1.11 bits per heavy atom. The fraction of sp³-hybridized carbons (Fsp3) is 0.423. The second kappa shape index (κ2) is 10.2. The molecule has 1 aliphatic heterocycles. The number of nitrogens with zero attached hydrogens (tertiary/aromatic N) is 2. The Balaban J connectivity index is 1.50. The molecule has 3 amide bonds. The van der Waals surface area contributed by atoms with Gasteiger partial charge in [-0.3, -0.25) is 14.4 Å². The third-order valence-electron chi connectivity index (χ3n) is 6.75. The fourth-order valence-electron chi connectivity index (χ4n) is 4.77. The second-order valence-electron chi connectivity index (χ2n) is 9.31. The van der Waals surface area contributed by atoms with E-state index < -0.39 is 22.0 Å². The van der Waals surface area contributed by atoms with E-state index in [0.717, 1.165) is 41.1 Å². The van der Waals surface area contributed by atoms with Crippen LogP contribution in [0.25, 0.3) is 0 Å². The van der Waals surface area contributed by atoms with Crippen molar-refractivity contribution in [2.24, 2.45) is 0 Å². The molecule has 35 heavy (non-hydrogen) atoms. The van der Waals surface area contributed by atoms with Gasteiger partial charge in [-0.05, 0) is 44.4 Å². The van der Waals surface area contributed by atoms with Gasteiger partial charge in [-0.25, -0.2) is 12.7 Å². The third kappa shape index (κ3) is 5.24. The van der Waals surface area contributed by atoms with E-state index in [-0.39, 0.29) is 47.8 Å². The molecular weight excluding hydrogens is 466 g/mol. The summed E-state index contributed by atoms with van der Waals surface area (Å²) in [5.41, 5.74) is 2.02. The van der Waals surface area contributed by atoms with Gasteiger partial charge < -0.3 is 10.2 Å². The molecule has 0 radical (unpaired) electrons. The van der Waals surface area contributed by atoms with Gasteiger partial charge in [0, 0.05) is 25.6 Å². The van der Waals surface area contributed by atoms with Crippen LogP contribution < -0.4 is 5.32 Å². The number of benzene rings is 2. The summed E-state index contributed by atoms with van der Waals surface area (Å²) in [6, 6.07) is 13.1. The number of sulfonamides is 1. The molecule has 0 aromatic heterocycles. The summed E-state index contributed by atoms with van der Waals surface area (Å²) < 4.78 is 26.5. The highest BCUT2D eigenvalue weighted by Gasteiger charge is 2.41. The molecule has 2 aromatic carbocycles. The molecule has 4 rings (SSSR count). The number of hydrogen-bond acceptors (Lipinski definition) is 5. The molecular formula is C26H31N3O5S. The van der Waals surface area contributed by atoms with Crippen molar-refractivity contribution in [2.75, 3.05) is 6.54 Å². The lowest BCUT2D eigenvalue weighted by atomic mass is 10.1. The lowest BCUT2D eigenvalue weighted by Gasteiger charge is -2.30. The lowest BCUT2D eigenvalue weighted by molar-refractivity contribution is -0.140. The lowest BCUT2D eigenvalue weighted by Crippen LogP contribution is -2.50. The molecule has 186 valence electrons. The summed E-state index contributed by atoms with van der Waals surface area (Å²) in [5, 5.41) is 3.05. The zero-order chi connectivity index (χ0) is 25.2. The molecule has 0 spiro atoms. The van der Waals surface area contributed by atoms with Crippen LogP contribution in [0.4, 0.5) is 0 Å². The Kier molecular flexibility index (Phi) is 7.25. The zero-order valence-corrected chi connectivity index (χ0v) is 20.9. The Morgan fingerprint density at radius 2 is 1.83 bits per heavy atom. The molecule has 2 aliphatic rings. The van der Waals surface area contributed by atoms with E-state index in [9.17, 15) is 22.8 Å². The molecule has 1 atom stereocenters. The minimum atomic E-state index is -4.00. The van der Waals surface area contributed by atoms with E-state index in [1.165, 1.54) is 17.0 Å². The third-order valence-corrected chi connectivity index (χ3v) is 8.59. The summed E-state index contributed by atoms with van der Waals surface area (Å²) in [5.74, 6) is -1.25. The van der Waals surface area contributed by atoms with Crippen molar-refractivity contribution < 1.29 is 22.8 Å². The van der Waals surface area contributed by atoms with Crippen LogP contribution >= 0.6 is 0 Å². The summed E-state index contributed by atoms with van der Waals surface area (Å²) in [6.45, 7) is 3.57. The van der Waals surface area contributed by atoms with Crippen LogP contribution in [0.2, 0.25) is 0 Å². The first kappa shape index (κ1) is 24.9. The number of aryl methyl sites for hydroxylation is 1. The maximum absolute atomic E-state index is 13.4. The Morgan fingerprint density at radius 3 is 2.51 bits per heavy atom. The molecule has 1 aliphatic carbocycles. The number of carbonyl (C=O) groups excluding carboxylic acids is 3. The number of nitrogens with one attached hydrogen (secondary N) is 1. The molecule has 9 heteroatoms. The van der Waals surface area contributed by atoms with Gasteiger partial charge in [0.15, 0.2) is 0 Å². The Bertz CT molecular complexity index is 1240. The van der Waals surface area contributed by atoms with E-state index in [0.29, 0.717) is 0 Å². The number of fused-ring (bicyclic) bond motifs is 1. The first-order chi connectivity index (χ1) is 16.7. The van der Waals surface area contributed by atoms with Gasteiger partial charge in [0.2, 0.25) is 11.8 Å². The topological polar surface area (TPSA) is 104 Å². The number of amides is 3. The van der Waals surface area contributed by atoms with Gasteiger partial charge >= 0.3 is 0 Å². The van der Waals surface area contributed by atoms with E-state index in [4.69, 9.17) is 0 Å². The molecule has 1 unspecified atom stereocenters. The predicted molar refractivity (Wildman–Crippen MR) is 131 cm³/mol. The molecule has 1 N–H and O–H groups in total. The van der Waals surface area contributed by atoms with Crippen molar-refractivity contribution >= 4 is 27.7 Å². The first-order valence-corrected chi connectivity index (χ1v) is 13.4. The van der Waals surface area contributed by atoms with E-state index in [2.05, 4.69) is 5.32 Å². The van der Waals surface area contributed by atoms with Crippen LogP contribution in [0.1, 0.15) is 60.5 Å². The maximum atomic E-state index is 13.4. The van der Waals surface area contributed by atoms with Crippen molar-refractivity contribution in [3.63, 3.8) is 0 Å². The number of carbonyl (C=O) groups is 3. The van der Waals surface area contributed by atoms with Crippen LogP contribution in [-0.4, -0.2) is 54.0 Å². The van der Waals surface area contributed by atoms with E-state index >= 15 is 0 Å². The monoisotopic (exact) mass is 497 g/mol. The van der Waals surface area contributed by atoms with Crippen LogP contribution in [0, 0.1) is 6.92 Å². The average molecular weight is 498 g/mol. The number of hydrogen-bond donors (Lipinski definition) is 1. The SMILES string of the molecule is Cc1cccc(CN(C(=O)CCN2C(=O)c3ccccc3S2(=O)=O)C(C)C(=O)NC2CCCC2)c1. The number of rotatable bonds is 8. The van der Waals surface area contributed by atoms with Gasteiger partial charge in [0.1, 0.15) is 10.9 Å². The average Bonchev–Trinajstić information content (AvgIpc) is 3.40. The maximum Gasteiger partial charge on any atom is 0.269 e. The van der Waals surface area contributed by atoms with Gasteiger partial charge in [-0.2, -0.15) is 0 Å². The molecule has 0 saturated heterocycles. The highest BCUT2D eigenvalue weighted by atomic mass is 32.2. The zero-order valence-electron chi connectivity index (χ0n) is 20.1. The van der Waals surface area contributed by atoms with Crippen molar-refractivity contribution in [1.82, 2.24) is 14.5 Å². The standard InChI is InChI=1S/C26H31N3O5S/c1-18-8-7-9-20(16-18)17-28(19(2)25(31)27-21-10-3-4-11-21)24(30)14-15-29-26(32)22-12-5-6-13-23(22)35(29,33)34/h5-9,12-13,16,19,21H,3-4,10-11,14-15,17H2,1-2H3,(H,27,31). The second-order valence-corrected chi connectivity index (χ2v) is 11.1. The van der Waals surface area contributed by atoms with Crippen molar-refractivity contribution in [1.29, 1.82) is 0 Å². The van der Waals surface area contributed by atoms with Crippen LogP contribution in [0.15, 0.2) is 53.4 Å². The van der Waals surface area contributed by atoms with E-state index in [1.807, 2.05) is 31.2 Å². The highest BCUT2D eigenvalue weighted by Crippen LogP contribution is 2.30. The summed E-state index contributed by atoms with van der Waals surface area (Å²) >= 11 is 0. The van der Waals surface area contributed by atoms with Crippen LogP contribution in [0.3, 0.4) is 0 Å². The van der Waals surface area contributed by atoms with Gasteiger partial charge in [0.05, 0.1) is 5.56 Å². The summed E-state index contributed by atoms with van der Waals surface area (Å²) in [6.07, 6.45) is 3.79. The summed E-state index contributed by atoms with van der Waals surface area (Å²) in [4.78, 5) is 40.5. The summed E-state index contributed by atoms with van der Waals surface area (Å²) in [7, 11) is -4.00. The Labute approximate surface area is 206 Å². The smallest absolute Gasteiger partial charge is 0.269 e. The van der Waals surface area contributed by atoms with Gasteiger partial charge in [-0.1, -0.05) is 54.8 Å². The largest absolute Gasteiger partial charge is 0.352 e.